The van der Waals surface area contributed by atoms with Gasteiger partial charge in [0, 0.05) is 13.1 Å². The molecule has 0 aromatic heterocycles. The van der Waals surface area contributed by atoms with Crippen LogP contribution in [0.1, 0.15) is 6.92 Å². The first kappa shape index (κ1) is 9.31. The first-order chi connectivity index (χ1) is 5.43. The first-order valence-corrected chi connectivity index (χ1v) is 3.54. The van der Waals surface area contributed by atoms with Crippen LogP contribution in [-0.4, -0.2) is 36.2 Å². The smallest absolute Gasteiger partial charge is 0.353 e. The first-order valence-electron chi connectivity index (χ1n) is 3.54. The molecule has 0 aromatic carbocycles. The number of carbonyl (C=O) groups excluding carboxylic acids is 1. The van der Waals surface area contributed by atoms with Gasteiger partial charge < -0.3 is 5.32 Å². The molecule has 3 nitrogen and oxygen atoms in total. The molecule has 12 heavy (non-hydrogen) atoms. The molecule has 1 fully saturated rings. The third kappa shape index (κ3) is 1.69. The molecule has 1 aliphatic rings. The lowest BCUT2D eigenvalue weighted by molar-refractivity contribution is -0.257. The number of hydrogen-bond donors (Lipinski definition) is 1. The second kappa shape index (κ2) is 2.93. The van der Waals surface area contributed by atoms with Crippen molar-refractivity contribution < 1.29 is 18.0 Å². The normalized spacial score (nSPS) is 27.0. The molecule has 1 saturated heterocycles. The molecule has 0 saturated carbocycles. The number of alkyl halides is 3. The topological polar surface area (TPSA) is 32.3 Å². The number of carbonyl (C=O) groups is 1. The number of rotatable bonds is 0. The Morgan fingerprint density at radius 1 is 1.58 bits per heavy atom. The highest BCUT2D eigenvalue weighted by atomic mass is 19.4. The molecule has 0 radical (unpaired) electrons. The predicted molar refractivity (Wildman–Crippen MR) is 35.2 cm³/mol. The highest BCUT2D eigenvalue weighted by Crippen LogP contribution is 2.24. The quantitative estimate of drug-likeness (QED) is 0.547. The maximum atomic E-state index is 12.1. The average Bonchev–Trinajstić information content (AvgIpc) is 1.92. The molecule has 1 atom stereocenters. The van der Waals surface area contributed by atoms with Gasteiger partial charge in [0.2, 0.25) is 5.91 Å². The van der Waals surface area contributed by atoms with E-state index in [0.717, 1.165) is 0 Å². The largest absolute Gasteiger partial charge is 0.460 e. The van der Waals surface area contributed by atoms with Crippen LogP contribution in [0.4, 0.5) is 13.2 Å². The molecule has 1 unspecified atom stereocenters. The predicted octanol–water partition coefficient (Wildman–Crippen LogP) is 0.326. The van der Waals surface area contributed by atoms with Crippen molar-refractivity contribution in [2.24, 2.45) is 0 Å². The summed E-state index contributed by atoms with van der Waals surface area (Å²) >= 11 is 0. The standard InChI is InChI=1S/C6H9F3N2O/c1-4-5(12)10-2-3-11(4)6(7,8)9/h4H,2-3H2,1H3,(H,10,12). The number of hydrogen-bond acceptors (Lipinski definition) is 2. The molecular formula is C6H9F3N2O. The highest BCUT2D eigenvalue weighted by Gasteiger charge is 2.44. The van der Waals surface area contributed by atoms with E-state index in [4.69, 9.17) is 0 Å². The Bertz CT molecular complexity index is 192. The van der Waals surface area contributed by atoms with E-state index in [9.17, 15) is 18.0 Å². The fourth-order valence-corrected chi connectivity index (χ4v) is 1.13. The molecule has 1 aliphatic heterocycles. The van der Waals surface area contributed by atoms with Gasteiger partial charge in [-0.3, -0.25) is 4.79 Å². The van der Waals surface area contributed by atoms with Gasteiger partial charge in [-0.15, -0.1) is 0 Å². The van der Waals surface area contributed by atoms with Gasteiger partial charge in [-0.05, 0) is 6.92 Å². The zero-order valence-electron chi connectivity index (χ0n) is 6.48. The summed E-state index contributed by atoms with van der Waals surface area (Å²) in [7, 11) is 0. The van der Waals surface area contributed by atoms with Gasteiger partial charge in [-0.25, -0.2) is 4.90 Å². The van der Waals surface area contributed by atoms with E-state index in [2.05, 4.69) is 5.32 Å². The van der Waals surface area contributed by atoms with Gasteiger partial charge in [0.15, 0.2) is 0 Å². The minimum absolute atomic E-state index is 0.0582. The van der Waals surface area contributed by atoms with Crippen molar-refractivity contribution in [1.29, 1.82) is 0 Å². The Morgan fingerprint density at radius 3 is 2.58 bits per heavy atom. The number of nitrogens with one attached hydrogen (secondary N) is 1. The molecule has 0 bridgehead atoms. The van der Waals surface area contributed by atoms with Gasteiger partial charge in [0.1, 0.15) is 0 Å². The monoisotopic (exact) mass is 182 g/mol. The van der Waals surface area contributed by atoms with Gasteiger partial charge in [0.05, 0.1) is 6.04 Å². The van der Waals surface area contributed by atoms with Crippen LogP contribution in [0.25, 0.3) is 0 Å². The van der Waals surface area contributed by atoms with Crippen LogP contribution in [0.3, 0.4) is 0 Å². The molecule has 1 rings (SSSR count). The number of halogens is 3. The van der Waals surface area contributed by atoms with Gasteiger partial charge in [-0.1, -0.05) is 0 Å². The molecule has 70 valence electrons. The van der Waals surface area contributed by atoms with Crippen LogP contribution < -0.4 is 5.32 Å². The lowest BCUT2D eigenvalue weighted by Crippen LogP contribution is -2.58. The van der Waals surface area contributed by atoms with Crippen molar-refractivity contribution >= 4 is 5.91 Å². The second-order valence-electron chi connectivity index (χ2n) is 2.63. The van der Waals surface area contributed by atoms with E-state index in [1.165, 1.54) is 6.92 Å². The second-order valence-corrected chi connectivity index (χ2v) is 2.63. The molecule has 1 amide bonds. The lowest BCUT2D eigenvalue weighted by atomic mass is 10.2. The van der Waals surface area contributed by atoms with Crippen molar-refractivity contribution in [3.63, 3.8) is 0 Å². The molecule has 0 aromatic rings. The van der Waals surface area contributed by atoms with Gasteiger partial charge >= 0.3 is 6.30 Å². The summed E-state index contributed by atoms with van der Waals surface area (Å²) < 4.78 is 36.3. The van der Waals surface area contributed by atoms with Crippen LogP contribution in [0, 0.1) is 0 Å². The maximum absolute atomic E-state index is 12.1. The Labute approximate surface area is 67.5 Å². The summed E-state index contributed by atoms with van der Waals surface area (Å²) in [4.78, 5) is 11.0. The van der Waals surface area contributed by atoms with Crippen molar-refractivity contribution in [2.75, 3.05) is 13.1 Å². The van der Waals surface area contributed by atoms with E-state index in [-0.39, 0.29) is 18.0 Å². The Hall–Kier alpha value is -0.780. The van der Waals surface area contributed by atoms with Crippen molar-refractivity contribution in [1.82, 2.24) is 10.2 Å². The van der Waals surface area contributed by atoms with Crippen molar-refractivity contribution in [3.8, 4) is 0 Å². The van der Waals surface area contributed by atoms with Crippen molar-refractivity contribution in [3.05, 3.63) is 0 Å². The third-order valence-electron chi connectivity index (χ3n) is 1.82. The van der Waals surface area contributed by atoms with E-state index in [0.29, 0.717) is 0 Å². The van der Waals surface area contributed by atoms with Crippen LogP contribution in [0.2, 0.25) is 0 Å². The minimum atomic E-state index is -4.41. The zero-order chi connectivity index (χ0) is 9.35. The van der Waals surface area contributed by atoms with Gasteiger partial charge in [-0.2, -0.15) is 13.2 Å². The Balaban J connectivity index is 2.70. The van der Waals surface area contributed by atoms with E-state index >= 15 is 0 Å². The summed E-state index contributed by atoms with van der Waals surface area (Å²) in [5, 5.41) is 2.35. The third-order valence-corrected chi connectivity index (χ3v) is 1.82. The van der Waals surface area contributed by atoms with E-state index < -0.39 is 18.2 Å². The Kier molecular flexibility index (Phi) is 2.27. The summed E-state index contributed by atoms with van der Waals surface area (Å²) in [5.41, 5.74) is 0. The van der Waals surface area contributed by atoms with Gasteiger partial charge in [0.25, 0.3) is 0 Å². The summed E-state index contributed by atoms with van der Waals surface area (Å²) in [6, 6.07) is -1.11. The van der Waals surface area contributed by atoms with Crippen LogP contribution >= 0.6 is 0 Å². The fourth-order valence-electron chi connectivity index (χ4n) is 1.13. The van der Waals surface area contributed by atoms with Crippen LogP contribution in [0.5, 0.6) is 0 Å². The summed E-state index contributed by atoms with van der Waals surface area (Å²) in [5.74, 6) is -0.571. The Morgan fingerprint density at radius 2 is 2.17 bits per heavy atom. The SMILES string of the molecule is CC1C(=O)NCCN1C(F)(F)F. The van der Waals surface area contributed by atoms with E-state index in [1.54, 1.807) is 0 Å². The summed E-state index contributed by atoms with van der Waals surface area (Å²) in [6.07, 6.45) is -4.41. The fraction of sp³-hybridized carbons (Fsp3) is 0.833. The number of nitrogens with zero attached hydrogens (tertiary/aromatic N) is 1. The molecule has 0 aliphatic carbocycles. The van der Waals surface area contributed by atoms with Crippen LogP contribution in [-0.2, 0) is 4.79 Å². The number of piperazine rings is 1. The molecule has 1 N–H and O–H groups in total. The van der Waals surface area contributed by atoms with Crippen LogP contribution in [0.15, 0.2) is 0 Å². The van der Waals surface area contributed by atoms with Crippen molar-refractivity contribution in [2.45, 2.75) is 19.3 Å². The number of amides is 1. The molecule has 6 heteroatoms. The lowest BCUT2D eigenvalue weighted by Gasteiger charge is -2.33. The molecule has 1 heterocycles. The molecular weight excluding hydrogens is 173 g/mol. The van der Waals surface area contributed by atoms with E-state index in [1.807, 2.05) is 0 Å². The average molecular weight is 182 g/mol. The maximum Gasteiger partial charge on any atom is 0.460 e. The highest BCUT2D eigenvalue weighted by molar-refractivity contribution is 5.82. The minimum Gasteiger partial charge on any atom is -0.353 e. The summed E-state index contributed by atoms with van der Waals surface area (Å²) in [6.45, 7) is 1.13. The zero-order valence-corrected chi connectivity index (χ0v) is 6.48. The molecule has 0 spiro atoms.